The highest BCUT2D eigenvalue weighted by Gasteiger charge is 2.42. The Bertz CT molecular complexity index is 1280. The van der Waals surface area contributed by atoms with Crippen molar-refractivity contribution in [2.45, 2.75) is 16.1 Å². The fraction of sp³-hybridized carbons (Fsp3) is 0.0952. The van der Waals surface area contributed by atoms with Crippen LogP contribution < -0.4 is 10.2 Å². The summed E-state index contributed by atoms with van der Waals surface area (Å²) >= 11 is 4.57. The summed E-state index contributed by atoms with van der Waals surface area (Å²) in [5.41, 5.74) is 0.638. The third kappa shape index (κ3) is 4.58. The van der Waals surface area contributed by atoms with Gasteiger partial charge in [0.1, 0.15) is 11.2 Å². The van der Waals surface area contributed by atoms with Gasteiger partial charge in [-0.1, -0.05) is 17.8 Å². The van der Waals surface area contributed by atoms with E-state index in [1.807, 2.05) is 0 Å². The number of hydrogen-bond acceptors (Lipinski definition) is 6. The van der Waals surface area contributed by atoms with Crippen LogP contribution >= 0.6 is 27.7 Å². The molecule has 32 heavy (non-hydrogen) atoms. The van der Waals surface area contributed by atoms with E-state index in [2.05, 4.69) is 31.2 Å². The van der Waals surface area contributed by atoms with Crippen molar-refractivity contribution in [3.8, 4) is 0 Å². The molecule has 2 aromatic carbocycles. The van der Waals surface area contributed by atoms with Gasteiger partial charge >= 0.3 is 12.3 Å². The number of para-hydroxylation sites is 1. The van der Waals surface area contributed by atoms with Crippen LogP contribution in [0.5, 0.6) is 0 Å². The second kappa shape index (κ2) is 8.83. The number of rotatable bonds is 5. The van der Waals surface area contributed by atoms with Crippen molar-refractivity contribution >= 4 is 56.4 Å². The van der Waals surface area contributed by atoms with Gasteiger partial charge in [-0.2, -0.15) is 4.98 Å². The van der Waals surface area contributed by atoms with Gasteiger partial charge in [0, 0.05) is 27.5 Å². The van der Waals surface area contributed by atoms with Crippen LogP contribution in [0, 0.1) is 0 Å². The highest BCUT2D eigenvalue weighted by Crippen LogP contribution is 2.39. The Morgan fingerprint density at radius 1 is 1.12 bits per heavy atom. The Hall–Kier alpha value is -3.05. The Morgan fingerprint density at radius 3 is 2.53 bits per heavy atom. The number of nitrogens with one attached hydrogen (secondary N) is 1. The second-order valence-corrected chi connectivity index (χ2v) is 8.44. The molecule has 0 aliphatic carbocycles. The maximum absolute atomic E-state index is 13.9. The molecule has 0 atom stereocenters. The maximum Gasteiger partial charge on any atom is 0.492 e. The number of oxazole rings is 1. The molecule has 2 aromatic heterocycles. The quantitative estimate of drug-likeness (QED) is 0.317. The van der Waals surface area contributed by atoms with Crippen molar-refractivity contribution in [3.05, 3.63) is 71.0 Å². The Balaban J connectivity index is 1.63. The Kier molecular flexibility index (Phi) is 6.11. The molecule has 0 aliphatic heterocycles. The minimum atomic E-state index is -4.75. The monoisotopic (exact) mass is 522 g/mol. The number of hydrogen-bond donors (Lipinski definition) is 1. The smallest absolute Gasteiger partial charge is 0.423 e. The highest BCUT2D eigenvalue weighted by molar-refractivity contribution is 9.10. The number of halogens is 4. The van der Waals surface area contributed by atoms with Gasteiger partial charge in [-0.15, -0.1) is 13.2 Å². The summed E-state index contributed by atoms with van der Waals surface area (Å²) in [4.78, 5) is 21.3. The molecule has 0 unspecified atom stereocenters. The number of carbonyl (C=O) groups is 1. The number of benzene rings is 2. The average molecular weight is 523 g/mol. The van der Waals surface area contributed by atoms with Crippen LogP contribution in [0.25, 0.3) is 11.1 Å². The Labute approximate surface area is 193 Å². The van der Waals surface area contributed by atoms with Gasteiger partial charge in [-0.3, -0.25) is 9.78 Å². The van der Waals surface area contributed by atoms with E-state index in [1.54, 1.807) is 42.5 Å². The van der Waals surface area contributed by atoms with Gasteiger partial charge < -0.3 is 9.73 Å². The van der Waals surface area contributed by atoms with Crippen molar-refractivity contribution in [2.24, 2.45) is 0 Å². The normalized spacial score (nSPS) is 11.5. The number of carbonyl (C=O) groups excluding carboxylic acids is 1. The molecule has 0 saturated carbocycles. The molecule has 164 valence electrons. The first kappa shape index (κ1) is 22.2. The van der Waals surface area contributed by atoms with Crippen LogP contribution in [0.2, 0.25) is 0 Å². The van der Waals surface area contributed by atoms with Gasteiger partial charge in [0.2, 0.25) is 0 Å². The number of fused-ring (bicyclic) bond motifs is 1. The van der Waals surface area contributed by atoms with E-state index in [-0.39, 0.29) is 27.8 Å². The molecule has 1 amide bonds. The van der Waals surface area contributed by atoms with Crippen molar-refractivity contribution in [2.75, 3.05) is 11.9 Å². The van der Waals surface area contributed by atoms with Gasteiger partial charge in [-0.05, 0) is 64.5 Å². The zero-order valence-corrected chi connectivity index (χ0v) is 18.8. The van der Waals surface area contributed by atoms with Crippen molar-refractivity contribution in [1.29, 1.82) is 0 Å². The van der Waals surface area contributed by atoms with E-state index < -0.39 is 12.3 Å². The third-order valence-electron chi connectivity index (χ3n) is 4.33. The zero-order valence-electron chi connectivity index (χ0n) is 16.4. The summed E-state index contributed by atoms with van der Waals surface area (Å²) in [6.07, 6.45) is -3.26. The predicted octanol–water partition coefficient (Wildman–Crippen LogP) is 6.15. The van der Waals surface area contributed by atoms with Crippen LogP contribution in [0.15, 0.2) is 79.5 Å². The first-order valence-corrected chi connectivity index (χ1v) is 10.8. The molecule has 0 fully saturated rings. The van der Waals surface area contributed by atoms with E-state index >= 15 is 0 Å². The van der Waals surface area contributed by atoms with Gasteiger partial charge in [0.15, 0.2) is 5.58 Å². The SMILES string of the molecule is CNC(=O)c1cc(Sc2ccc(N(c3nc4c(Br)cccc4o3)C(F)(F)F)cc2)ccn1. The molecule has 0 spiro atoms. The van der Waals surface area contributed by atoms with Gasteiger partial charge in [0.25, 0.3) is 5.91 Å². The van der Waals surface area contributed by atoms with Crippen LogP contribution in [0.1, 0.15) is 10.5 Å². The maximum atomic E-state index is 13.9. The first-order valence-electron chi connectivity index (χ1n) is 9.14. The zero-order chi connectivity index (χ0) is 22.9. The molecule has 2 heterocycles. The number of nitrogens with zero attached hydrogens (tertiary/aromatic N) is 3. The van der Waals surface area contributed by atoms with Crippen LogP contribution in [0.4, 0.5) is 24.9 Å². The number of amides is 1. The number of aromatic nitrogens is 2. The van der Waals surface area contributed by atoms with E-state index in [1.165, 1.54) is 37.1 Å². The van der Waals surface area contributed by atoms with E-state index in [9.17, 15) is 18.0 Å². The average Bonchev–Trinajstić information content (AvgIpc) is 3.18. The lowest BCUT2D eigenvalue weighted by molar-refractivity contribution is -0.123. The molecule has 1 N–H and O–H groups in total. The lowest BCUT2D eigenvalue weighted by Crippen LogP contribution is -2.33. The molecule has 0 bridgehead atoms. The molecular weight excluding hydrogens is 509 g/mol. The summed E-state index contributed by atoms with van der Waals surface area (Å²) in [5, 5.41) is 2.49. The van der Waals surface area contributed by atoms with Gasteiger partial charge in [0.05, 0.1) is 5.69 Å². The summed E-state index contributed by atoms with van der Waals surface area (Å²) in [7, 11) is 1.50. The third-order valence-corrected chi connectivity index (χ3v) is 5.96. The first-order chi connectivity index (χ1) is 15.3. The summed E-state index contributed by atoms with van der Waals surface area (Å²) in [5.74, 6) is -0.325. The van der Waals surface area contributed by atoms with Crippen LogP contribution in [-0.4, -0.2) is 29.2 Å². The fourth-order valence-electron chi connectivity index (χ4n) is 2.89. The molecule has 4 aromatic rings. The second-order valence-electron chi connectivity index (χ2n) is 6.44. The van der Waals surface area contributed by atoms with Crippen molar-refractivity contribution in [1.82, 2.24) is 15.3 Å². The lowest BCUT2D eigenvalue weighted by Gasteiger charge is -2.23. The van der Waals surface area contributed by atoms with Gasteiger partial charge in [-0.25, -0.2) is 4.90 Å². The fourth-order valence-corrected chi connectivity index (χ4v) is 4.17. The minimum Gasteiger partial charge on any atom is -0.423 e. The van der Waals surface area contributed by atoms with Crippen LogP contribution in [-0.2, 0) is 0 Å². The summed E-state index contributed by atoms with van der Waals surface area (Å²) in [6, 6.07) is 13.4. The minimum absolute atomic E-state index is 0.0873. The topological polar surface area (TPSA) is 71.3 Å². The number of anilines is 2. The van der Waals surface area contributed by atoms with E-state index in [4.69, 9.17) is 4.42 Å². The highest BCUT2D eigenvalue weighted by atomic mass is 79.9. The molecule has 0 saturated heterocycles. The van der Waals surface area contributed by atoms with Crippen molar-refractivity contribution < 1.29 is 22.4 Å². The summed E-state index contributed by atoms with van der Waals surface area (Å²) in [6.45, 7) is 0. The van der Waals surface area contributed by atoms with E-state index in [0.29, 0.717) is 14.9 Å². The number of alkyl halides is 3. The molecular formula is C21H14BrF3N4O2S. The molecule has 4 rings (SSSR count). The molecule has 0 radical (unpaired) electrons. The largest absolute Gasteiger partial charge is 0.492 e. The lowest BCUT2D eigenvalue weighted by atomic mass is 10.3. The van der Waals surface area contributed by atoms with E-state index in [0.717, 1.165) is 4.90 Å². The molecule has 6 nitrogen and oxygen atoms in total. The van der Waals surface area contributed by atoms with Crippen LogP contribution in [0.3, 0.4) is 0 Å². The Morgan fingerprint density at radius 2 is 1.88 bits per heavy atom. The summed E-state index contributed by atoms with van der Waals surface area (Å²) < 4.78 is 47.6. The standard InChI is InChI=1S/C21H14BrF3N4O2S/c1-26-19(30)16-11-14(9-10-27-16)32-13-7-5-12(6-8-13)29(21(23,24)25)20-28-18-15(22)3-2-4-17(18)31-20/h2-11H,1H3,(H,26,30). The molecule has 0 aliphatic rings. The number of pyridine rings is 1. The molecule has 11 heteroatoms. The predicted molar refractivity (Wildman–Crippen MR) is 118 cm³/mol. The van der Waals surface area contributed by atoms with Crippen molar-refractivity contribution in [3.63, 3.8) is 0 Å².